The van der Waals surface area contributed by atoms with Gasteiger partial charge in [0.25, 0.3) is 0 Å². The largest absolute Gasteiger partial charge is 0.309 e. The maximum atomic E-state index is 2.40. The van der Waals surface area contributed by atoms with Crippen LogP contribution in [0.15, 0.2) is 140 Å². The predicted molar refractivity (Wildman–Crippen MR) is 166 cm³/mol. The van der Waals surface area contributed by atoms with Gasteiger partial charge in [0.1, 0.15) is 0 Å². The normalized spacial score (nSPS) is 12.1. The van der Waals surface area contributed by atoms with E-state index in [9.17, 15) is 0 Å². The number of nitrogens with zero attached hydrogens (tertiary/aromatic N) is 1. The predicted octanol–water partition coefficient (Wildman–Crippen LogP) is 10.4. The molecule has 0 unspecified atom stereocenters. The zero-order valence-corrected chi connectivity index (χ0v) is 21.2. The topological polar surface area (TPSA) is 4.93 Å². The number of benzene rings is 7. The van der Waals surface area contributed by atoms with Gasteiger partial charge in [0.2, 0.25) is 0 Å². The van der Waals surface area contributed by atoms with Crippen molar-refractivity contribution < 1.29 is 0 Å². The van der Waals surface area contributed by atoms with E-state index in [1.54, 1.807) is 0 Å². The van der Waals surface area contributed by atoms with Gasteiger partial charge in [-0.3, -0.25) is 0 Å². The van der Waals surface area contributed by atoms with Gasteiger partial charge in [-0.05, 0) is 91.3 Å². The Balaban J connectivity index is 1.19. The van der Waals surface area contributed by atoms with Crippen LogP contribution < -0.4 is 0 Å². The van der Waals surface area contributed by atoms with Gasteiger partial charge in [-0.25, -0.2) is 0 Å². The Bertz CT molecular complexity index is 2260. The molecular weight excluding hydrogens is 470 g/mol. The van der Waals surface area contributed by atoms with Crippen molar-refractivity contribution in [1.82, 2.24) is 4.57 Å². The van der Waals surface area contributed by atoms with E-state index >= 15 is 0 Å². The Morgan fingerprint density at radius 1 is 0.359 bits per heavy atom. The molecule has 180 valence electrons. The summed E-state index contributed by atoms with van der Waals surface area (Å²) in [6.07, 6.45) is 0. The van der Waals surface area contributed by atoms with Crippen molar-refractivity contribution in [3.63, 3.8) is 0 Å². The molecule has 0 N–H and O–H groups in total. The number of rotatable bonds is 2. The minimum atomic E-state index is 1.18. The number of hydrogen-bond donors (Lipinski definition) is 0. The van der Waals surface area contributed by atoms with Crippen molar-refractivity contribution in [3.8, 4) is 39.1 Å². The van der Waals surface area contributed by atoms with E-state index in [1.807, 2.05) is 0 Å². The Kier molecular flexibility index (Phi) is 4.11. The van der Waals surface area contributed by atoms with Crippen molar-refractivity contribution in [2.75, 3.05) is 0 Å². The third-order valence-electron chi connectivity index (χ3n) is 8.50. The highest BCUT2D eigenvalue weighted by molar-refractivity contribution is 6.16. The summed E-state index contributed by atoms with van der Waals surface area (Å²) >= 11 is 0. The molecule has 8 aromatic rings. The molecule has 0 fully saturated rings. The first kappa shape index (κ1) is 20.9. The van der Waals surface area contributed by atoms with Crippen LogP contribution in [-0.4, -0.2) is 4.57 Å². The van der Waals surface area contributed by atoms with E-state index in [4.69, 9.17) is 0 Å². The van der Waals surface area contributed by atoms with Crippen molar-refractivity contribution in [2.45, 2.75) is 0 Å². The molecule has 1 heterocycles. The zero-order chi connectivity index (χ0) is 25.5. The van der Waals surface area contributed by atoms with Crippen LogP contribution in [0.5, 0.6) is 0 Å². The van der Waals surface area contributed by atoms with Crippen molar-refractivity contribution in [3.05, 3.63) is 140 Å². The Morgan fingerprint density at radius 3 is 1.85 bits per heavy atom. The molecule has 7 aromatic carbocycles. The fourth-order valence-corrected chi connectivity index (χ4v) is 6.71. The minimum absolute atomic E-state index is 1.18. The zero-order valence-electron chi connectivity index (χ0n) is 21.2. The highest BCUT2D eigenvalue weighted by Crippen LogP contribution is 2.48. The quantitative estimate of drug-likeness (QED) is 0.226. The lowest BCUT2D eigenvalue weighted by atomic mass is 9.97. The second-order valence-corrected chi connectivity index (χ2v) is 10.6. The van der Waals surface area contributed by atoms with Crippen LogP contribution in [0.2, 0.25) is 0 Å². The van der Waals surface area contributed by atoms with Gasteiger partial charge < -0.3 is 4.57 Å². The molecule has 1 nitrogen and oxygen atoms in total. The Hall–Kier alpha value is -5.14. The number of para-hydroxylation sites is 1. The lowest BCUT2D eigenvalue weighted by Gasteiger charge is -2.11. The number of hydrogen-bond acceptors (Lipinski definition) is 0. The van der Waals surface area contributed by atoms with Crippen molar-refractivity contribution >= 4 is 43.4 Å². The van der Waals surface area contributed by atoms with Gasteiger partial charge in [0.05, 0.1) is 11.0 Å². The van der Waals surface area contributed by atoms with E-state index in [1.165, 1.54) is 82.4 Å². The third-order valence-corrected chi connectivity index (χ3v) is 8.50. The lowest BCUT2D eigenvalue weighted by Crippen LogP contribution is -1.93. The fraction of sp³-hybridized carbons (Fsp3) is 0. The molecule has 0 saturated heterocycles. The lowest BCUT2D eigenvalue weighted by molar-refractivity contribution is 1.18. The molecule has 39 heavy (non-hydrogen) atoms. The maximum Gasteiger partial charge on any atom is 0.0547 e. The molecule has 1 heteroatoms. The summed E-state index contributed by atoms with van der Waals surface area (Å²) < 4.78 is 2.40. The van der Waals surface area contributed by atoms with Crippen molar-refractivity contribution in [1.29, 1.82) is 0 Å². The summed E-state index contributed by atoms with van der Waals surface area (Å²) in [5.41, 5.74) is 11.5. The monoisotopic (exact) mass is 493 g/mol. The molecule has 1 aliphatic rings. The summed E-state index contributed by atoms with van der Waals surface area (Å²) in [5.74, 6) is 0. The van der Waals surface area contributed by atoms with Gasteiger partial charge in [0, 0.05) is 16.5 Å². The SMILES string of the molecule is c1ccc2cc3c(cc2c1)c1ccccc1n3-c1ccc(-c2ccc3c(c2)-c2cccc4cccc-3c24)cc1. The first-order valence-corrected chi connectivity index (χ1v) is 13.5. The molecule has 0 spiro atoms. The molecule has 1 aliphatic carbocycles. The van der Waals surface area contributed by atoms with Gasteiger partial charge >= 0.3 is 0 Å². The molecule has 0 atom stereocenters. The average molecular weight is 494 g/mol. The van der Waals surface area contributed by atoms with E-state index in [-0.39, 0.29) is 0 Å². The summed E-state index contributed by atoms with van der Waals surface area (Å²) in [5, 5.41) is 7.81. The van der Waals surface area contributed by atoms with E-state index in [0.29, 0.717) is 0 Å². The molecule has 0 amide bonds. The molecule has 0 saturated carbocycles. The summed E-state index contributed by atoms with van der Waals surface area (Å²) in [4.78, 5) is 0. The van der Waals surface area contributed by atoms with E-state index in [2.05, 4.69) is 144 Å². The minimum Gasteiger partial charge on any atom is -0.309 e. The summed E-state index contributed by atoms with van der Waals surface area (Å²) in [6.45, 7) is 0. The summed E-state index contributed by atoms with van der Waals surface area (Å²) in [7, 11) is 0. The van der Waals surface area contributed by atoms with Crippen LogP contribution in [0.4, 0.5) is 0 Å². The van der Waals surface area contributed by atoms with Crippen molar-refractivity contribution in [2.24, 2.45) is 0 Å². The smallest absolute Gasteiger partial charge is 0.0547 e. The van der Waals surface area contributed by atoms with Crippen LogP contribution >= 0.6 is 0 Å². The van der Waals surface area contributed by atoms with Crippen LogP contribution in [-0.2, 0) is 0 Å². The summed E-state index contributed by atoms with van der Waals surface area (Å²) in [6, 6.07) is 51.3. The number of fused-ring (bicyclic) bond motifs is 7. The number of aromatic nitrogens is 1. The first-order valence-electron chi connectivity index (χ1n) is 13.5. The molecule has 0 bridgehead atoms. The maximum absolute atomic E-state index is 2.40. The van der Waals surface area contributed by atoms with Crippen LogP contribution in [0.1, 0.15) is 0 Å². The molecule has 9 rings (SSSR count). The molecule has 0 aliphatic heterocycles. The second-order valence-electron chi connectivity index (χ2n) is 10.6. The van der Waals surface area contributed by atoms with E-state index < -0.39 is 0 Å². The fourth-order valence-electron chi connectivity index (χ4n) is 6.71. The Labute approximate surface area is 226 Å². The first-order chi connectivity index (χ1) is 19.3. The average Bonchev–Trinajstić information content (AvgIpc) is 3.49. The standard InChI is InChI=1S/C38H23N/c1-2-8-27-23-37-35(22-26(27)7-1)31-11-3-4-14-36(31)39(37)29-18-15-24(16-19-29)28-17-20-30-32-12-5-9-25-10-6-13-33(38(25)32)34(30)21-28/h1-23H. The van der Waals surface area contributed by atoms with Crippen LogP contribution in [0.3, 0.4) is 0 Å². The van der Waals surface area contributed by atoms with Gasteiger partial charge in [-0.1, -0.05) is 103 Å². The molecular formula is C38H23N. The van der Waals surface area contributed by atoms with Gasteiger partial charge in [-0.15, -0.1) is 0 Å². The van der Waals surface area contributed by atoms with E-state index in [0.717, 1.165) is 0 Å². The highest BCUT2D eigenvalue weighted by atomic mass is 15.0. The second kappa shape index (κ2) is 7.69. The van der Waals surface area contributed by atoms with Crippen LogP contribution in [0.25, 0.3) is 82.4 Å². The molecule has 0 radical (unpaired) electrons. The van der Waals surface area contributed by atoms with Gasteiger partial charge in [-0.2, -0.15) is 0 Å². The van der Waals surface area contributed by atoms with Crippen LogP contribution in [0, 0.1) is 0 Å². The Morgan fingerprint density at radius 2 is 1.03 bits per heavy atom. The third kappa shape index (κ3) is 2.90. The van der Waals surface area contributed by atoms with Gasteiger partial charge in [0.15, 0.2) is 0 Å². The highest BCUT2D eigenvalue weighted by Gasteiger charge is 2.21. The molecule has 1 aromatic heterocycles.